The first-order valence-electron chi connectivity index (χ1n) is 8.31. The molecule has 2 aromatic carbocycles. The number of benzene rings is 2. The van der Waals surface area contributed by atoms with Gasteiger partial charge in [0.25, 0.3) is 0 Å². The molecule has 0 radical (unpaired) electrons. The van der Waals surface area contributed by atoms with Crippen LogP contribution in [0.2, 0.25) is 0 Å². The van der Waals surface area contributed by atoms with Crippen molar-refractivity contribution in [3.63, 3.8) is 0 Å². The van der Waals surface area contributed by atoms with Crippen LogP contribution in [0.5, 0.6) is 5.75 Å². The largest absolute Gasteiger partial charge is 0.497 e. The number of methoxy groups -OCH3 is 1. The van der Waals surface area contributed by atoms with E-state index in [1.54, 1.807) is 7.11 Å². The maximum atomic E-state index is 11.2. The van der Waals surface area contributed by atoms with E-state index < -0.39 is 0 Å². The van der Waals surface area contributed by atoms with Crippen molar-refractivity contribution in [3.8, 4) is 5.75 Å². The molecule has 128 valence electrons. The van der Waals surface area contributed by atoms with Crippen molar-refractivity contribution in [3.05, 3.63) is 59.7 Å². The number of anilines is 1. The van der Waals surface area contributed by atoms with Gasteiger partial charge in [0, 0.05) is 24.7 Å². The number of amides is 1. The first kappa shape index (κ1) is 18.0. The molecule has 0 saturated carbocycles. The minimum absolute atomic E-state index is 0.0579. The number of rotatable bonds is 7. The lowest BCUT2D eigenvalue weighted by atomic mass is 10.0. The van der Waals surface area contributed by atoms with E-state index >= 15 is 0 Å². The third kappa shape index (κ3) is 4.83. The first-order chi connectivity index (χ1) is 11.5. The van der Waals surface area contributed by atoms with E-state index in [2.05, 4.69) is 42.7 Å². The summed E-state index contributed by atoms with van der Waals surface area (Å²) in [6.45, 7) is 5.83. The summed E-state index contributed by atoms with van der Waals surface area (Å²) >= 11 is 0. The molecule has 24 heavy (non-hydrogen) atoms. The van der Waals surface area contributed by atoms with E-state index in [-0.39, 0.29) is 18.0 Å². The fourth-order valence-corrected chi connectivity index (χ4v) is 2.77. The van der Waals surface area contributed by atoms with Crippen LogP contribution in [0.15, 0.2) is 48.5 Å². The SMILES string of the molecule is CCC(NC(C)c1cccc(NC(C)=O)c1)c1ccc(OC)cc1. The zero-order chi connectivity index (χ0) is 17.5. The molecule has 1 amide bonds. The van der Waals surface area contributed by atoms with E-state index in [0.717, 1.165) is 23.4 Å². The molecule has 0 aliphatic heterocycles. The summed E-state index contributed by atoms with van der Waals surface area (Å²) in [7, 11) is 1.68. The van der Waals surface area contributed by atoms with Crippen molar-refractivity contribution < 1.29 is 9.53 Å². The van der Waals surface area contributed by atoms with Crippen LogP contribution < -0.4 is 15.4 Å². The fraction of sp³-hybridized carbons (Fsp3) is 0.350. The van der Waals surface area contributed by atoms with Crippen LogP contribution in [0.1, 0.15) is 50.4 Å². The molecule has 0 aliphatic rings. The summed E-state index contributed by atoms with van der Waals surface area (Å²) in [4.78, 5) is 11.2. The number of nitrogens with one attached hydrogen (secondary N) is 2. The lowest BCUT2D eigenvalue weighted by molar-refractivity contribution is -0.114. The average molecular weight is 326 g/mol. The molecule has 2 atom stereocenters. The second-order valence-corrected chi connectivity index (χ2v) is 5.93. The van der Waals surface area contributed by atoms with Gasteiger partial charge < -0.3 is 15.4 Å². The van der Waals surface area contributed by atoms with Gasteiger partial charge in [-0.05, 0) is 48.7 Å². The Morgan fingerprint density at radius 2 is 1.83 bits per heavy atom. The van der Waals surface area contributed by atoms with Gasteiger partial charge in [-0.25, -0.2) is 0 Å². The molecular weight excluding hydrogens is 300 g/mol. The molecule has 0 saturated heterocycles. The highest BCUT2D eigenvalue weighted by Crippen LogP contribution is 2.25. The molecule has 2 rings (SSSR count). The fourth-order valence-electron chi connectivity index (χ4n) is 2.77. The van der Waals surface area contributed by atoms with Gasteiger partial charge in [0.1, 0.15) is 5.75 Å². The monoisotopic (exact) mass is 326 g/mol. The normalized spacial score (nSPS) is 13.2. The van der Waals surface area contributed by atoms with Gasteiger partial charge in [-0.1, -0.05) is 31.2 Å². The second-order valence-electron chi connectivity index (χ2n) is 5.93. The smallest absolute Gasteiger partial charge is 0.221 e. The minimum atomic E-state index is -0.0579. The van der Waals surface area contributed by atoms with Gasteiger partial charge in [-0.3, -0.25) is 4.79 Å². The Morgan fingerprint density at radius 3 is 2.42 bits per heavy atom. The summed E-state index contributed by atoms with van der Waals surface area (Å²) in [6, 6.07) is 16.6. The molecule has 0 aliphatic carbocycles. The molecule has 4 nitrogen and oxygen atoms in total. The second kappa shape index (κ2) is 8.50. The third-order valence-corrected chi connectivity index (χ3v) is 4.08. The molecule has 2 N–H and O–H groups in total. The van der Waals surface area contributed by atoms with Crippen LogP contribution in [0.3, 0.4) is 0 Å². The molecule has 4 heteroatoms. The highest BCUT2D eigenvalue weighted by Gasteiger charge is 2.14. The minimum Gasteiger partial charge on any atom is -0.497 e. The molecule has 0 bridgehead atoms. The number of hydrogen-bond acceptors (Lipinski definition) is 3. The quantitative estimate of drug-likeness (QED) is 0.790. The molecule has 2 aromatic rings. The van der Waals surface area contributed by atoms with Crippen molar-refractivity contribution in [1.29, 1.82) is 0 Å². The highest BCUT2D eigenvalue weighted by atomic mass is 16.5. The Kier molecular flexibility index (Phi) is 6.38. The topological polar surface area (TPSA) is 50.4 Å². The van der Waals surface area contributed by atoms with Crippen LogP contribution in [0.4, 0.5) is 5.69 Å². The van der Waals surface area contributed by atoms with E-state index in [1.165, 1.54) is 12.5 Å². The van der Waals surface area contributed by atoms with Gasteiger partial charge in [-0.2, -0.15) is 0 Å². The summed E-state index contributed by atoms with van der Waals surface area (Å²) in [6.07, 6.45) is 0.988. The summed E-state index contributed by atoms with van der Waals surface area (Å²) < 4.78 is 5.22. The molecular formula is C20H26N2O2. The number of carbonyl (C=O) groups is 1. The van der Waals surface area contributed by atoms with Gasteiger partial charge >= 0.3 is 0 Å². The number of ether oxygens (including phenoxy) is 1. The summed E-state index contributed by atoms with van der Waals surface area (Å²) in [5.41, 5.74) is 3.21. The van der Waals surface area contributed by atoms with Crippen LogP contribution in [-0.4, -0.2) is 13.0 Å². The van der Waals surface area contributed by atoms with Crippen LogP contribution in [-0.2, 0) is 4.79 Å². The van der Waals surface area contributed by atoms with Crippen LogP contribution in [0, 0.1) is 0 Å². The molecule has 2 unspecified atom stereocenters. The van der Waals surface area contributed by atoms with Crippen LogP contribution in [0.25, 0.3) is 0 Å². The van der Waals surface area contributed by atoms with E-state index in [9.17, 15) is 4.79 Å². The lowest BCUT2D eigenvalue weighted by Crippen LogP contribution is -2.24. The molecule has 0 spiro atoms. The Hall–Kier alpha value is -2.33. The number of carbonyl (C=O) groups excluding carboxylic acids is 1. The Morgan fingerprint density at radius 1 is 1.12 bits per heavy atom. The molecule has 0 fully saturated rings. The Labute approximate surface area is 144 Å². The van der Waals surface area contributed by atoms with Gasteiger partial charge in [0.05, 0.1) is 7.11 Å². The summed E-state index contributed by atoms with van der Waals surface area (Å²) in [5.74, 6) is 0.807. The van der Waals surface area contributed by atoms with Crippen molar-refractivity contribution in [2.75, 3.05) is 12.4 Å². The lowest BCUT2D eigenvalue weighted by Gasteiger charge is -2.23. The zero-order valence-corrected chi connectivity index (χ0v) is 14.8. The molecule has 0 heterocycles. The van der Waals surface area contributed by atoms with Gasteiger partial charge in [0.15, 0.2) is 0 Å². The van der Waals surface area contributed by atoms with E-state index in [0.29, 0.717) is 0 Å². The Balaban J connectivity index is 2.10. The van der Waals surface area contributed by atoms with E-state index in [4.69, 9.17) is 4.74 Å². The average Bonchev–Trinajstić information content (AvgIpc) is 2.59. The first-order valence-corrected chi connectivity index (χ1v) is 8.31. The van der Waals surface area contributed by atoms with Crippen molar-refractivity contribution >= 4 is 11.6 Å². The standard InChI is InChI=1S/C20H26N2O2/c1-5-20(16-9-11-19(24-4)12-10-16)21-14(2)17-7-6-8-18(13-17)22-15(3)23/h6-14,20-21H,5H2,1-4H3,(H,22,23). The molecule has 0 aromatic heterocycles. The van der Waals surface area contributed by atoms with Gasteiger partial charge in [-0.15, -0.1) is 0 Å². The van der Waals surface area contributed by atoms with Crippen molar-refractivity contribution in [1.82, 2.24) is 5.32 Å². The Bertz CT molecular complexity index is 668. The third-order valence-electron chi connectivity index (χ3n) is 4.08. The van der Waals surface area contributed by atoms with Crippen molar-refractivity contribution in [2.45, 2.75) is 39.3 Å². The van der Waals surface area contributed by atoms with Crippen molar-refractivity contribution in [2.24, 2.45) is 0 Å². The predicted octanol–water partition coefficient (Wildman–Crippen LogP) is 4.46. The maximum Gasteiger partial charge on any atom is 0.221 e. The van der Waals surface area contributed by atoms with Crippen LogP contribution >= 0.6 is 0 Å². The summed E-state index contributed by atoms with van der Waals surface area (Å²) in [5, 5.41) is 6.49. The highest BCUT2D eigenvalue weighted by molar-refractivity contribution is 5.88. The maximum absolute atomic E-state index is 11.2. The van der Waals surface area contributed by atoms with Gasteiger partial charge in [0.2, 0.25) is 5.91 Å². The number of hydrogen-bond donors (Lipinski definition) is 2. The zero-order valence-electron chi connectivity index (χ0n) is 14.8. The predicted molar refractivity (Wildman–Crippen MR) is 98.3 cm³/mol. The van der Waals surface area contributed by atoms with E-state index in [1.807, 2.05) is 30.3 Å².